The van der Waals surface area contributed by atoms with Crippen LogP contribution in [0.25, 0.3) is 5.57 Å². The van der Waals surface area contributed by atoms with Gasteiger partial charge >= 0.3 is 0 Å². The van der Waals surface area contributed by atoms with Crippen molar-refractivity contribution in [3.8, 4) is 0 Å². The van der Waals surface area contributed by atoms with Crippen LogP contribution >= 0.6 is 15.9 Å². The SMILES string of the molecule is CC1(C)CC(Br)=C(c2ccc(S(C)(=O)=O)cc2)C1. The monoisotopic (exact) mass is 328 g/mol. The summed E-state index contributed by atoms with van der Waals surface area (Å²) in [6.45, 7) is 4.48. The molecule has 1 aromatic carbocycles. The maximum absolute atomic E-state index is 11.4. The lowest BCUT2D eigenvalue weighted by Gasteiger charge is -2.16. The van der Waals surface area contributed by atoms with E-state index in [0.29, 0.717) is 4.90 Å². The highest BCUT2D eigenvalue weighted by atomic mass is 79.9. The number of sulfone groups is 1. The van der Waals surface area contributed by atoms with Crippen LogP contribution in [-0.2, 0) is 9.84 Å². The Kier molecular flexibility index (Phi) is 3.45. The van der Waals surface area contributed by atoms with Gasteiger partial charge in [-0.3, -0.25) is 0 Å². The molecule has 0 spiro atoms. The standard InChI is InChI=1S/C14H17BrO2S/c1-14(2)8-12(13(15)9-14)10-4-6-11(7-5-10)18(3,16)17/h4-7H,8-9H2,1-3H3. The van der Waals surface area contributed by atoms with E-state index in [-0.39, 0.29) is 5.41 Å². The van der Waals surface area contributed by atoms with E-state index in [2.05, 4.69) is 29.8 Å². The first-order chi connectivity index (χ1) is 8.19. The van der Waals surface area contributed by atoms with E-state index < -0.39 is 9.84 Å². The topological polar surface area (TPSA) is 34.1 Å². The highest BCUT2D eigenvalue weighted by molar-refractivity contribution is 9.11. The molecule has 0 saturated carbocycles. The zero-order valence-corrected chi connectivity index (χ0v) is 13.2. The summed E-state index contributed by atoms with van der Waals surface area (Å²) in [5.41, 5.74) is 2.68. The van der Waals surface area contributed by atoms with E-state index in [0.717, 1.165) is 18.4 Å². The predicted octanol–water partition coefficient (Wildman–Crippen LogP) is 4.02. The summed E-state index contributed by atoms with van der Waals surface area (Å²) in [6.07, 6.45) is 3.29. The summed E-state index contributed by atoms with van der Waals surface area (Å²) in [6, 6.07) is 7.16. The zero-order valence-electron chi connectivity index (χ0n) is 10.8. The van der Waals surface area contributed by atoms with Crippen LogP contribution in [0.2, 0.25) is 0 Å². The molecule has 0 amide bonds. The van der Waals surface area contributed by atoms with Crippen molar-refractivity contribution >= 4 is 31.3 Å². The number of rotatable bonds is 2. The molecule has 2 rings (SSSR count). The van der Waals surface area contributed by atoms with Crippen LogP contribution < -0.4 is 0 Å². The molecule has 1 aliphatic carbocycles. The lowest BCUT2D eigenvalue weighted by atomic mass is 9.88. The Morgan fingerprint density at radius 3 is 2.06 bits per heavy atom. The Hall–Kier alpha value is -0.610. The van der Waals surface area contributed by atoms with Gasteiger partial charge in [-0.1, -0.05) is 41.9 Å². The molecule has 0 bridgehead atoms. The largest absolute Gasteiger partial charge is 0.224 e. The van der Waals surface area contributed by atoms with Crippen LogP contribution in [-0.4, -0.2) is 14.7 Å². The molecule has 2 nitrogen and oxygen atoms in total. The van der Waals surface area contributed by atoms with Crippen LogP contribution in [0.4, 0.5) is 0 Å². The Morgan fingerprint density at radius 2 is 1.67 bits per heavy atom. The molecular formula is C14H17BrO2S. The summed E-state index contributed by atoms with van der Waals surface area (Å²) in [4.78, 5) is 0.375. The van der Waals surface area contributed by atoms with Crippen LogP contribution in [0.5, 0.6) is 0 Å². The third kappa shape index (κ3) is 2.86. The number of allylic oxidation sites excluding steroid dienone is 2. The number of halogens is 1. The minimum atomic E-state index is -3.11. The van der Waals surface area contributed by atoms with Gasteiger partial charge < -0.3 is 0 Å². The minimum Gasteiger partial charge on any atom is -0.224 e. The van der Waals surface area contributed by atoms with Crippen molar-refractivity contribution in [2.75, 3.05) is 6.26 Å². The molecule has 0 N–H and O–H groups in total. The molecule has 0 fully saturated rings. The lowest BCUT2D eigenvalue weighted by molar-refractivity contribution is 0.401. The van der Waals surface area contributed by atoms with E-state index in [1.54, 1.807) is 12.1 Å². The second-order valence-electron chi connectivity index (χ2n) is 5.70. The highest BCUT2D eigenvalue weighted by Gasteiger charge is 2.30. The predicted molar refractivity (Wildman–Crippen MR) is 78.4 cm³/mol. The van der Waals surface area contributed by atoms with Crippen LogP contribution in [0.15, 0.2) is 33.6 Å². The van der Waals surface area contributed by atoms with Gasteiger partial charge in [0.25, 0.3) is 0 Å². The maximum atomic E-state index is 11.4. The summed E-state index contributed by atoms with van der Waals surface area (Å²) in [5.74, 6) is 0. The van der Waals surface area contributed by atoms with Gasteiger partial charge in [-0.25, -0.2) is 8.42 Å². The third-order valence-corrected chi connectivity index (χ3v) is 5.13. The van der Waals surface area contributed by atoms with E-state index in [1.165, 1.54) is 16.3 Å². The van der Waals surface area contributed by atoms with Crippen molar-refractivity contribution < 1.29 is 8.42 Å². The van der Waals surface area contributed by atoms with Crippen LogP contribution in [0, 0.1) is 5.41 Å². The molecule has 0 aliphatic heterocycles. The van der Waals surface area contributed by atoms with Gasteiger partial charge in [-0.05, 0) is 46.0 Å². The van der Waals surface area contributed by atoms with Crippen molar-refractivity contribution in [3.05, 3.63) is 34.3 Å². The van der Waals surface area contributed by atoms with E-state index in [4.69, 9.17) is 0 Å². The molecule has 0 atom stereocenters. The first kappa shape index (κ1) is 13.8. The summed E-state index contributed by atoms with van der Waals surface area (Å²) in [7, 11) is -3.11. The Morgan fingerprint density at radius 1 is 1.11 bits per heavy atom. The second kappa shape index (κ2) is 4.49. The fourth-order valence-corrected chi connectivity index (χ4v) is 4.08. The number of hydrogen-bond donors (Lipinski definition) is 0. The van der Waals surface area contributed by atoms with Gasteiger partial charge in [0.15, 0.2) is 9.84 Å². The molecule has 0 saturated heterocycles. The van der Waals surface area contributed by atoms with Crippen molar-refractivity contribution in [2.45, 2.75) is 31.6 Å². The third-order valence-electron chi connectivity index (χ3n) is 3.25. The number of benzene rings is 1. The summed E-state index contributed by atoms with van der Waals surface area (Å²) < 4.78 is 24.1. The quantitative estimate of drug-likeness (QED) is 0.821. The van der Waals surface area contributed by atoms with Crippen LogP contribution in [0.3, 0.4) is 0 Å². The first-order valence-electron chi connectivity index (χ1n) is 5.87. The highest BCUT2D eigenvalue weighted by Crippen LogP contribution is 2.47. The average Bonchev–Trinajstić information content (AvgIpc) is 2.51. The molecule has 0 unspecified atom stereocenters. The van der Waals surface area contributed by atoms with E-state index in [1.807, 2.05) is 12.1 Å². The normalized spacial score (nSPS) is 19.3. The van der Waals surface area contributed by atoms with Gasteiger partial charge in [-0.2, -0.15) is 0 Å². The molecule has 98 valence electrons. The van der Waals surface area contributed by atoms with Gasteiger partial charge in [0.1, 0.15) is 0 Å². The van der Waals surface area contributed by atoms with Crippen LogP contribution in [0.1, 0.15) is 32.3 Å². The molecule has 0 aromatic heterocycles. The van der Waals surface area contributed by atoms with Crippen molar-refractivity contribution in [2.24, 2.45) is 5.41 Å². The summed E-state index contributed by atoms with van der Waals surface area (Å²) >= 11 is 3.64. The van der Waals surface area contributed by atoms with Crippen molar-refractivity contribution in [1.29, 1.82) is 0 Å². The van der Waals surface area contributed by atoms with Gasteiger partial charge in [0, 0.05) is 6.26 Å². The minimum absolute atomic E-state index is 0.281. The van der Waals surface area contributed by atoms with Crippen molar-refractivity contribution in [1.82, 2.24) is 0 Å². The fourth-order valence-electron chi connectivity index (χ4n) is 2.33. The van der Waals surface area contributed by atoms with E-state index >= 15 is 0 Å². The molecule has 18 heavy (non-hydrogen) atoms. The number of hydrogen-bond acceptors (Lipinski definition) is 2. The molecule has 0 heterocycles. The molecule has 1 aromatic rings. The zero-order chi connectivity index (χ0) is 13.6. The molecule has 1 aliphatic rings. The molecule has 4 heteroatoms. The fraction of sp³-hybridized carbons (Fsp3) is 0.429. The van der Waals surface area contributed by atoms with Gasteiger partial charge in [0.2, 0.25) is 0 Å². The Balaban J connectivity index is 2.35. The second-order valence-corrected chi connectivity index (χ2v) is 8.67. The van der Waals surface area contributed by atoms with Gasteiger partial charge in [-0.15, -0.1) is 0 Å². The summed E-state index contributed by atoms with van der Waals surface area (Å²) in [5, 5.41) is 0. The lowest BCUT2D eigenvalue weighted by Crippen LogP contribution is -2.04. The first-order valence-corrected chi connectivity index (χ1v) is 8.55. The van der Waals surface area contributed by atoms with Gasteiger partial charge in [0.05, 0.1) is 4.90 Å². The Bertz CT molecular complexity index is 595. The maximum Gasteiger partial charge on any atom is 0.175 e. The molecular weight excluding hydrogens is 312 g/mol. The molecule has 0 radical (unpaired) electrons. The van der Waals surface area contributed by atoms with Crippen molar-refractivity contribution in [3.63, 3.8) is 0 Å². The smallest absolute Gasteiger partial charge is 0.175 e. The average molecular weight is 329 g/mol. The Labute approximate surface area is 117 Å². The van der Waals surface area contributed by atoms with E-state index in [9.17, 15) is 8.42 Å².